The zero-order valence-electron chi connectivity index (χ0n) is 11.5. The van der Waals surface area contributed by atoms with E-state index in [-0.39, 0.29) is 0 Å². The van der Waals surface area contributed by atoms with E-state index < -0.39 is 0 Å². The number of aromatic amines is 1. The molecule has 1 aliphatic heterocycles. The minimum atomic E-state index is 0.510. The third-order valence-corrected chi connectivity index (χ3v) is 3.40. The molecule has 2 rings (SSSR count). The Morgan fingerprint density at radius 2 is 2.39 bits per heavy atom. The van der Waals surface area contributed by atoms with Gasteiger partial charge in [-0.2, -0.15) is 5.10 Å². The van der Waals surface area contributed by atoms with Crippen LogP contribution in [0.3, 0.4) is 0 Å². The first-order valence-corrected chi connectivity index (χ1v) is 6.98. The van der Waals surface area contributed by atoms with Crippen LogP contribution in [0.1, 0.15) is 44.3 Å². The maximum absolute atomic E-state index is 5.62. The molecular weight excluding hydrogens is 228 g/mol. The van der Waals surface area contributed by atoms with E-state index in [4.69, 9.17) is 4.74 Å². The first-order chi connectivity index (χ1) is 8.78. The second-order valence-corrected chi connectivity index (χ2v) is 5.07. The van der Waals surface area contributed by atoms with Crippen molar-refractivity contribution in [1.29, 1.82) is 0 Å². The Morgan fingerprint density at radius 1 is 1.50 bits per heavy atom. The first kappa shape index (κ1) is 13.5. The third kappa shape index (κ3) is 4.07. The summed E-state index contributed by atoms with van der Waals surface area (Å²) in [5.41, 5.74) is 0. The Bertz CT molecular complexity index is 347. The molecule has 0 radical (unpaired) electrons. The lowest BCUT2D eigenvalue weighted by Gasteiger charge is -2.16. The van der Waals surface area contributed by atoms with E-state index >= 15 is 0 Å². The van der Waals surface area contributed by atoms with Crippen LogP contribution in [0.5, 0.6) is 0 Å². The summed E-state index contributed by atoms with van der Waals surface area (Å²) in [4.78, 5) is 6.71. The summed E-state index contributed by atoms with van der Waals surface area (Å²) < 4.78 is 5.62. The lowest BCUT2D eigenvalue weighted by Crippen LogP contribution is -2.21. The molecule has 1 aromatic rings. The fourth-order valence-electron chi connectivity index (χ4n) is 2.36. The molecule has 0 aromatic carbocycles. The quantitative estimate of drug-likeness (QED) is 0.803. The normalized spacial score (nSPS) is 19.8. The second-order valence-electron chi connectivity index (χ2n) is 5.07. The van der Waals surface area contributed by atoms with Crippen LogP contribution in [0.25, 0.3) is 0 Å². The lowest BCUT2D eigenvalue weighted by atomic mass is 10.1. The van der Waals surface area contributed by atoms with Crippen LogP contribution in [-0.4, -0.2) is 46.4 Å². The number of nitrogens with zero attached hydrogens (tertiary/aromatic N) is 3. The third-order valence-electron chi connectivity index (χ3n) is 3.40. The summed E-state index contributed by atoms with van der Waals surface area (Å²) in [6, 6.07) is 0. The molecule has 0 unspecified atom stereocenters. The van der Waals surface area contributed by atoms with E-state index in [2.05, 4.69) is 34.1 Å². The molecule has 0 aliphatic carbocycles. The fourth-order valence-corrected chi connectivity index (χ4v) is 2.36. The Labute approximate surface area is 109 Å². The van der Waals surface area contributed by atoms with Gasteiger partial charge in [-0.05, 0) is 39.3 Å². The van der Waals surface area contributed by atoms with Gasteiger partial charge in [0.25, 0.3) is 0 Å². The number of hydrogen-bond acceptors (Lipinski definition) is 4. The van der Waals surface area contributed by atoms with Crippen LogP contribution < -0.4 is 0 Å². The van der Waals surface area contributed by atoms with Crippen molar-refractivity contribution in [2.24, 2.45) is 0 Å². The Hall–Kier alpha value is -0.940. The van der Waals surface area contributed by atoms with Crippen LogP contribution in [0.15, 0.2) is 0 Å². The summed E-state index contributed by atoms with van der Waals surface area (Å²) in [5.74, 6) is 1.87. The smallest absolute Gasteiger partial charge is 0.150 e. The van der Waals surface area contributed by atoms with Gasteiger partial charge >= 0.3 is 0 Å². The Morgan fingerprint density at radius 3 is 3.06 bits per heavy atom. The minimum absolute atomic E-state index is 0.510. The average Bonchev–Trinajstić information content (AvgIpc) is 3.00. The molecule has 1 fully saturated rings. The molecule has 5 heteroatoms. The summed E-state index contributed by atoms with van der Waals surface area (Å²) in [7, 11) is 2.13. The van der Waals surface area contributed by atoms with Crippen molar-refractivity contribution in [3.8, 4) is 0 Å². The van der Waals surface area contributed by atoms with Gasteiger partial charge in [0.2, 0.25) is 0 Å². The highest BCUT2D eigenvalue weighted by atomic mass is 16.5. The van der Waals surface area contributed by atoms with Crippen molar-refractivity contribution in [2.75, 3.05) is 20.2 Å². The van der Waals surface area contributed by atoms with Crippen LogP contribution >= 0.6 is 0 Å². The molecule has 1 atom stereocenters. The van der Waals surface area contributed by atoms with Gasteiger partial charge in [0.05, 0.1) is 12.6 Å². The van der Waals surface area contributed by atoms with Crippen LogP contribution in [-0.2, 0) is 17.7 Å². The number of ether oxygens (including phenoxy) is 1. The number of H-pyrrole nitrogens is 1. The standard InChI is InChI=1S/C13H24N4O/c1-3-12-14-13(16-15-12)10-17(2)8-4-6-11-7-5-9-18-11/h11H,3-10H2,1-2H3,(H,14,15,16)/t11-/m0/s1. The zero-order chi connectivity index (χ0) is 12.8. The summed E-state index contributed by atoms with van der Waals surface area (Å²) in [5, 5.41) is 7.14. The highest BCUT2D eigenvalue weighted by Crippen LogP contribution is 2.16. The SMILES string of the molecule is CCc1n[nH]c(CN(C)CCC[C@H]2CCCO2)n1. The predicted octanol–water partition coefficient (Wildman–Crippen LogP) is 1.76. The monoisotopic (exact) mass is 252 g/mol. The molecule has 1 aromatic heterocycles. The van der Waals surface area contributed by atoms with E-state index in [0.29, 0.717) is 6.10 Å². The van der Waals surface area contributed by atoms with Gasteiger partial charge in [-0.3, -0.25) is 10.00 Å². The largest absolute Gasteiger partial charge is 0.378 e. The minimum Gasteiger partial charge on any atom is -0.378 e. The van der Waals surface area contributed by atoms with E-state index in [9.17, 15) is 0 Å². The number of aryl methyl sites for hydroxylation is 1. The molecule has 0 amide bonds. The van der Waals surface area contributed by atoms with E-state index in [1.807, 2.05) is 0 Å². The molecule has 0 spiro atoms. The van der Waals surface area contributed by atoms with E-state index in [1.54, 1.807) is 0 Å². The van der Waals surface area contributed by atoms with Crippen molar-refractivity contribution >= 4 is 0 Å². The van der Waals surface area contributed by atoms with Crippen LogP contribution in [0.2, 0.25) is 0 Å². The summed E-state index contributed by atoms with van der Waals surface area (Å²) >= 11 is 0. The number of aromatic nitrogens is 3. The number of nitrogens with one attached hydrogen (secondary N) is 1. The van der Waals surface area contributed by atoms with Gasteiger partial charge in [-0.1, -0.05) is 6.92 Å². The van der Waals surface area contributed by atoms with Crippen molar-refractivity contribution in [3.63, 3.8) is 0 Å². The lowest BCUT2D eigenvalue weighted by molar-refractivity contribution is 0.0994. The van der Waals surface area contributed by atoms with Gasteiger partial charge in [-0.15, -0.1) is 0 Å². The number of hydrogen-bond donors (Lipinski definition) is 1. The van der Waals surface area contributed by atoms with Gasteiger partial charge in [0, 0.05) is 13.0 Å². The van der Waals surface area contributed by atoms with Gasteiger partial charge in [0.1, 0.15) is 11.6 Å². The van der Waals surface area contributed by atoms with Gasteiger partial charge < -0.3 is 4.74 Å². The molecule has 0 saturated carbocycles. The van der Waals surface area contributed by atoms with E-state index in [0.717, 1.165) is 37.8 Å². The second kappa shape index (κ2) is 6.85. The molecule has 1 saturated heterocycles. The number of rotatable bonds is 7. The molecule has 2 heterocycles. The summed E-state index contributed by atoms with van der Waals surface area (Å²) in [6.07, 6.45) is 6.25. The topological polar surface area (TPSA) is 54.0 Å². The Balaban J connectivity index is 1.63. The van der Waals surface area contributed by atoms with Crippen molar-refractivity contribution in [2.45, 2.75) is 51.7 Å². The fraction of sp³-hybridized carbons (Fsp3) is 0.846. The average molecular weight is 252 g/mol. The molecule has 1 N–H and O–H groups in total. The van der Waals surface area contributed by atoms with Crippen LogP contribution in [0.4, 0.5) is 0 Å². The maximum atomic E-state index is 5.62. The molecular formula is C13H24N4O. The molecule has 18 heavy (non-hydrogen) atoms. The van der Waals surface area contributed by atoms with Crippen LogP contribution in [0, 0.1) is 0 Å². The summed E-state index contributed by atoms with van der Waals surface area (Å²) in [6.45, 7) is 4.96. The predicted molar refractivity (Wildman–Crippen MR) is 70.3 cm³/mol. The highest BCUT2D eigenvalue weighted by molar-refractivity contribution is 4.89. The first-order valence-electron chi connectivity index (χ1n) is 6.98. The van der Waals surface area contributed by atoms with Crippen molar-refractivity contribution in [1.82, 2.24) is 20.1 Å². The van der Waals surface area contributed by atoms with E-state index in [1.165, 1.54) is 25.7 Å². The molecule has 5 nitrogen and oxygen atoms in total. The highest BCUT2D eigenvalue weighted by Gasteiger charge is 2.15. The van der Waals surface area contributed by atoms with Gasteiger partial charge in [-0.25, -0.2) is 4.98 Å². The molecule has 102 valence electrons. The van der Waals surface area contributed by atoms with Gasteiger partial charge in [0.15, 0.2) is 0 Å². The molecule has 0 bridgehead atoms. The Kier molecular flexibility index (Phi) is 5.13. The zero-order valence-corrected chi connectivity index (χ0v) is 11.5. The van der Waals surface area contributed by atoms with Crippen molar-refractivity contribution < 1.29 is 4.74 Å². The maximum Gasteiger partial charge on any atom is 0.150 e. The molecule has 1 aliphatic rings. The van der Waals surface area contributed by atoms with Crippen molar-refractivity contribution in [3.05, 3.63) is 11.6 Å².